The standard InChI is InChI=1S/C11H13NO4/c13-8-1-4-12(5-2-8)7-10-9(11(14)15)3-6-16-10/h3,6H,1-2,4-5,7H2,(H,14,15). The summed E-state index contributed by atoms with van der Waals surface area (Å²) in [5.41, 5.74) is 0.205. The number of carbonyl (C=O) groups excluding carboxylic acids is 1. The van der Waals surface area contributed by atoms with Crippen molar-refractivity contribution in [3.63, 3.8) is 0 Å². The predicted molar refractivity (Wildman–Crippen MR) is 55.2 cm³/mol. The Morgan fingerprint density at radius 2 is 2.12 bits per heavy atom. The Labute approximate surface area is 92.7 Å². The molecule has 0 aromatic carbocycles. The lowest BCUT2D eigenvalue weighted by molar-refractivity contribution is -0.121. The summed E-state index contributed by atoms with van der Waals surface area (Å²) in [4.78, 5) is 23.9. The number of hydrogen-bond donors (Lipinski definition) is 1. The van der Waals surface area contributed by atoms with Gasteiger partial charge in [-0.1, -0.05) is 0 Å². The Hall–Kier alpha value is -1.62. The van der Waals surface area contributed by atoms with Crippen LogP contribution in [0.25, 0.3) is 0 Å². The summed E-state index contributed by atoms with van der Waals surface area (Å²) in [6.07, 6.45) is 2.47. The number of carboxylic acids is 1. The van der Waals surface area contributed by atoms with Crippen LogP contribution in [0.15, 0.2) is 16.7 Å². The van der Waals surface area contributed by atoms with Crippen LogP contribution in [0.2, 0.25) is 0 Å². The van der Waals surface area contributed by atoms with Gasteiger partial charge in [-0.2, -0.15) is 0 Å². The molecule has 0 atom stereocenters. The van der Waals surface area contributed by atoms with Gasteiger partial charge in [-0.05, 0) is 6.07 Å². The largest absolute Gasteiger partial charge is 0.478 e. The first-order chi connectivity index (χ1) is 7.66. The lowest BCUT2D eigenvalue weighted by Crippen LogP contribution is -2.33. The van der Waals surface area contributed by atoms with E-state index in [2.05, 4.69) is 0 Å². The van der Waals surface area contributed by atoms with E-state index in [0.29, 0.717) is 38.2 Å². The molecule has 1 aromatic heterocycles. The number of likely N-dealkylation sites (tertiary alicyclic amines) is 1. The molecule has 1 aliphatic rings. The molecule has 0 amide bonds. The number of rotatable bonds is 3. The third kappa shape index (κ3) is 2.30. The smallest absolute Gasteiger partial charge is 0.339 e. The van der Waals surface area contributed by atoms with Crippen LogP contribution in [0, 0.1) is 0 Å². The Morgan fingerprint density at radius 3 is 2.75 bits per heavy atom. The minimum atomic E-state index is -0.975. The second-order valence-corrected chi connectivity index (χ2v) is 3.88. The van der Waals surface area contributed by atoms with Gasteiger partial charge in [0, 0.05) is 25.9 Å². The van der Waals surface area contributed by atoms with Crippen molar-refractivity contribution in [3.8, 4) is 0 Å². The summed E-state index contributed by atoms with van der Waals surface area (Å²) >= 11 is 0. The van der Waals surface area contributed by atoms with Crippen LogP contribution in [0.3, 0.4) is 0 Å². The summed E-state index contributed by atoms with van der Waals surface area (Å²) in [6, 6.07) is 1.45. The number of carbonyl (C=O) groups is 2. The van der Waals surface area contributed by atoms with Crippen LogP contribution in [-0.2, 0) is 11.3 Å². The first kappa shape index (κ1) is 10.9. The molecule has 2 heterocycles. The number of aromatic carboxylic acids is 1. The molecule has 16 heavy (non-hydrogen) atoms. The Bertz CT molecular complexity index is 400. The number of nitrogens with zero attached hydrogens (tertiary/aromatic N) is 1. The second kappa shape index (κ2) is 4.49. The Kier molecular flexibility index (Phi) is 3.05. The highest BCUT2D eigenvalue weighted by atomic mass is 16.4. The number of ketones is 1. The molecule has 0 radical (unpaired) electrons. The van der Waals surface area contributed by atoms with E-state index < -0.39 is 5.97 Å². The maximum absolute atomic E-state index is 11.0. The molecule has 0 unspecified atom stereocenters. The molecule has 2 rings (SSSR count). The monoisotopic (exact) mass is 223 g/mol. The molecular formula is C11H13NO4. The molecule has 5 nitrogen and oxygen atoms in total. The van der Waals surface area contributed by atoms with Gasteiger partial charge >= 0.3 is 5.97 Å². The van der Waals surface area contributed by atoms with Crippen LogP contribution in [0.4, 0.5) is 0 Å². The van der Waals surface area contributed by atoms with Crippen molar-refractivity contribution in [1.82, 2.24) is 4.90 Å². The van der Waals surface area contributed by atoms with E-state index in [4.69, 9.17) is 9.52 Å². The fourth-order valence-corrected chi connectivity index (χ4v) is 1.82. The van der Waals surface area contributed by atoms with E-state index in [0.717, 1.165) is 0 Å². The van der Waals surface area contributed by atoms with Gasteiger partial charge in [0.1, 0.15) is 17.1 Å². The third-order valence-electron chi connectivity index (χ3n) is 2.76. The van der Waals surface area contributed by atoms with E-state index in [1.54, 1.807) is 0 Å². The lowest BCUT2D eigenvalue weighted by atomic mass is 10.1. The highest BCUT2D eigenvalue weighted by molar-refractivity contribution is 5.88. The molecule has 86 valence electrons. The molecule has 5 heteroatoms. The van der Waals surface area contributed by atoms with Gasteiger partial charge in [-0.15, -0.1) is 0 Å². The van der Waals surface area contributed by atoms with Gasteiger partial charge in [0.25, 0.3) is 0 Å². The van der Waals surface area contributed by atoms with Gasteiger partial charge in [-0.3, -0.25) is 9.69 Å². The summed E-state index contributed by atoms with van der Waals surface area (Å²) in [5, 5.41) is 8.89. The summed E-state index contributed by atoms with van der Waals surface area (Å²) in [7, 11) is 0. The molecule has 1 N–H and O–H groups in total. The quantitative estimate of drug-likeness (QED) is 0.832. The zero-order valence-electron chi connectivity index (χ0n) is 8.81. The van der Waals surface area contributed by atoms with Crippen molar-refractivity contribution in [2.24, 2.45) is 0 Å². The number of Topliss-reactive ketones (excluding diaryl/α,β-unsaturated/α-hetero) is 1. The number of carboxylic acid groups (broad SMARTS) is 1. The third-order valence-corrected chi connectivity index (χ3v) is 2.76. The zero-order valence-corrected chi connectivity index (χ0v) is 8.81. The minimum absolute atomic E-state index is 0.205. The Balaban J connectivity index is 2.01. The fraction of sp³-hybridized carbons (Fsp3) is 0.455. The first-order valence-electron chi connectivity index (χ1n) is 5.20. The fourth-order valence-electron chi connectivity index (χ4n) is 1.82. The highest BCUT2D eigenvalue weighted by Crippen LogP contribution is 2.16. The lowest BCUT2D eigenvalue weighted by Gasteiger charge is -2.24. The van der Waals surface area contributed by atoms with Gasteiger partial charge in [0.2, 0.25) is 0 Å². The van der Waals surface area contributed by atoms with E-state index in [9.17, 15) is 9.59 Å². The number of piperidine rings is 1. The molecule has 1 aromatic rings. The maximum atomic E-state index is 11.0. The average molecular weight is 223 g/mol. The van der Waals surface area contributed by atoms with E-state index in [1.807, 2.05) is 4.90 Å². The molecule has 1 fully saturated rings. The minimum Gasteiger partial charge on any atom is -0.478 e. The number of hydrogen-bond acceptors (Lipinski definition) is 4. The molecule has 0 saturated carbocycles. The SMILES string of the molecule is O=C1CCN(Cc2occc2C(=O)O)CC1. The van der Waals surface area contributed by atoms with Crippen LogP contribution >= 0.6 is 0 Å². The van der Waals surface area contributed by atoms with Crippen LogP contribution in [-0.4, -0.2) is 34.8 Å². The van der Waals surface area contributed by atoms with Crippen LogP contribution < -0.4 is 0 Å². The number of furan rings is 1. The molecular weight excluding hydrogens is 210 g/mol. The molecule has 1 saturated heterocycles. The summed E-state index contributed by atoms with van der Waals surface area (Å²) in [6.45, 7) is 1.82. The summed E-state index contributed by atoms with van der Waals surface area (Å²) in [5.74, 6) is -0.243. The molecule has 0 spiro atoms. The van der Waals surface area contributed by atoms with Crippen molar-refractivity contribution in [2.75, 3.05) is 13.1 Å². The van der Waals surface area contributed by atoms with Crippen molar-refractivity contribution in [1.29, 1.82) is 0 Å². The Morgan fingerprint density at radius 1 is 1.44 bits per heavy atom. The normalized spacial score (nSPS) is 17.6. The average Bonchev–Trinajstić information content (AvgIpc) is 2.69. The van der Waals surface area contributed by atoms with Crippen molar-refractivity contribution >= 4 is 11.8 Å². The van der Waals surface area contributed by atoms with Crippen molar-refractivity contribution < 1.29 is 19.1 Å². The predicted octanol–water partition coefficient (Wildman–Crippen LogP) is 1.14. The molecule has 0 aliphatic carbocycles. The van der Waals surface area contributed by atoms with Crippen LogP contribution in [0.1, 0.15) is 29.0 Å². The summed E-state index contributed by atoms with van der Waals surface area (Å²) < 4.78 is 5.15. The van der Waals surface area contributed by atoms with Gasteiger partial charge < -0.3 is 9.52 Å². The zero-order chi connectivity index (χ0) is 11.5. The molecule has 1 aliphatic heterocycles. The molecule has 0 bridgehead atoms. The van der Waals surface area contributed by atoms with E-state index >= 15 is 0 Å². The van der Waals surface area contributed by atoms with Crippen molar-refractivity contribution in [2.45, 2.75) is 19.4 Å². The van der Waals surface area contributed by atoms with Crippen molar-refractivity contribution in [3.05, 3.63) is 23.7 Å². The maximum Gasteiger partial charge on any atom is 0.339 e. The van der Waals surface area contributed by atoms with Gasteiger partial charge in [0.15, 0.2) is 0 Å². The van der Waals surface area contributed by atoms with Gasteiger partial charge in [-0.25, -0.2) is 4.79 Å². The second-order valence-electron chi connectivity index (χ2n) is 3.88. The van der Waals surface area contributed by atoms with Crippen LogP contribution in [0.5, 0.6) is 0 Å². The van der Waals surface area contributed by atoms with E-state index in [1.165, 1.54) is 12.3 Å². The van der Waals surface area contributed by atoms with Gasteiger partial charge in [0.05, 0.1) is 12.8 Å². The highest BCUT2D eigenvalue weighted by Gasteiger charge is 2.20. The topological polar surface area (TPSA) is 70.8 Å². The van der Waals surface area contributed by atoms with E-state index in [-0.39, 0.29) is 11.3 Å². The first-order valence-corrected chi connectivity index (χ1v) is 5.20.